The van der Waals surface area contributed by atoms with Gasteiger partial charge < -0.3 is 14.4 Å². The van der Waals surface area contributed by atoms with E-state index in [1.807, 2.05) is 47.4 Å². The summed E-state index contributed by atoms with van der Waals surface area (Å²) in [5.41, 5.74) is 2.09. The third kappa shape index (κ3) is 4.11. The van der Waals surface area contributed by atoms with Crippen molar-refractivity contribution in [2.24, 2.45) is 0 Å². The Hall–Kier alpha value is -2.40. The van der Waals surface area contributed by atoms with Gasteiger partial charge >= 0.3 is 0 Å². The number of ether oxygens (including phenoxy) is 2. The van der Waals surface area contributed by atoms with Gasteiger partial charge in [0, 0.05) is 30.9 Å². The first kappa shape index (κ1) is 16.5. The minimum absolute atomic E-state index is 0.0435. The molecule has 5 nitrogen and oxygen atoms in total. The molecule has 0 aliphatic carbocycles. The molecule has 0 saturated carbocycles. The fraction of sp³-hybridized carbons (Fsp3) is 0.368. The van der Waals surface area contributed by atoms with E-state index in [4.69, 9.17) is 9.47 Å². The predicted molar refractivity (Wildman–Crippen MR) is 90.8 cm³/mol. The van der Waals surface area contributed by atoms with E-state index in [-0.39, 0.29) is 12.5 Å². The fourth-order valence-electron chi connectivity index (χ4n) is 2.91. The minimum Gasteiger partial charge on any atom is -0.497 e. The molecule has 1 aliphatic rings. The van der Waals surface area contributed by atoms with Gasteiger partial charge in [0.15, 0.2) is 0 Å². The van der Waals surface area contributed by atoms with E-state index < -0.39 is 0 Å². The summed E-state index contributed by atoms with van der Waals surface area (Å²) in [4.78, 5) is 18.5. The van der Waals surface area contributed by atoms with Crippen molar-refractivity contribution >= 4 is 5.91 Å². The Morgan fingerprint density at radius 2 is 2.08 bits per heavy atom. The lowest BCUT2D eigenvalue weighted by Gasteiger charge is -2.16. The van der Waals surface area contributed by atoms with Crippen LogP contribution in [0.15, 0.2) is 48.7 Å². The van der Waals surface area contributed by atoms with Gasteiger partial charge in [0.05, 0.1) is 13.7 Å². The number of carbonyl (C=O) groups excluding carboxylic acids is 1. The van der Waals surface area contributed by atoms with Gasteiger partial charge in [-0.2, -0.15) is 0 Å². The summed E-state index contributed by atoms with van der Waals surface area (Å²) in [6.45, 7) is 2.03. The van der Waals surface area contributed by atoms with Crippen LogP contribution in [0.1, 0.15) is 23.6 Å². The maximum atomic E-state index is 12.3. The molecule has 0 radical (unpaired) electrons. The summed E-state index contributed by atoms with van der Waals surface area (Å²) in [5.74, 6) is 1.19. The third-order valence-electron chi connectivity index (χ3n) is 4.30. The molecule has 1 aromatic heterocycles. The van der Waals surface area contributed by atoms with Gasteiger partial charge in [-0.1, -0.05) is 18.2 Å². The molecule has 1 atom stereocenters. The number of methoxy groups -OCH3 is 1. The summed E-state index contributed by atoms with van der Waals surface area (Å²) in [6, 6.07) is 13.6. The average molecular weight is 326 g/mol. The zero-order chi connectivity index (χ0) is 16.8. The fourth-order valence-corrected chi connectivity index (χ4v) is 2.91. The van der Waals surface area contributed by atoms with Crippen LogP contribution < -0.4 is 4.74 Å². The van der Waals surface area contributed by atoms with Crippen LogP contribution in [0.3, 0.4) is 0 Å². The molecule has 5 heteroatoms. The summed E-state index contributed by atoms with van der Waals surface area (Å²) in [6.07, 6.45) is 2.76. The van der Waals surface area contributed by atoms with Gasteiger partial charge in [-0.25, -0.2) is 0 Å². The minimum atomic E-state index is 0.0435. The molecule has 1 unspecified atom stereocenters. The lowest BCUT2D eigenvalue weighted by atomic mass is 10.0. The van der Waals surface area contributed by atoms with E-state index in [2.05, 4.69) is 4.98 Å². The van der Waals surface area contributed by atoms with Crippen molar-refractivity contribution in [3.63, 3.8) is 0 Å². The largest absolute Gasteiger partial charge is 0.497 e. The molecule has 1 aromatic carbocycles. The van der Waals surface area contributed by atoms with E-state index >= 15 is 0 Å². The highest BCUT2D eigenvalue weighted by Gasteiger charge is 2.27. The van der Waals surface area contributed by atoms with Crippen molar-refractivity contribution in [1.29, 1.82) is 0 Å². The molecular weight excluding hydrogens is 304 g/mol. The number of rotatable bonds is 6. The van der Waals surface area contributed by atoms with Crippen molar-refractivity contribution in [2.75, 3.05) is 26.8 Å². The number of nitrogens with zero attached hydrogens (tertiary/aromatic N) is 2. The van der Waals surface area contributed by atoms with Crippen LogP contribution in [0.25, 0.3) is 0 Å². The topological polar surface area (TPSA) is 51.7 Å². The lowest BCUT2D eigenvalue weighted by Crippen LogP contribution is -2.31. The molecule has 1 saturated heterocycles. The maximum absolute atomic E-state index is 12.3. The highest BCUT2D eigenvalue weighted by Crippen LogP contribution is 2.25. The van der Waals surface area contributed by atoms with E-state index in [1.54, 1.807) is 13.3 Å². The van der Waals surface area contributed by atoms with Gasteiger partial charge in [0.1, 0.15) is 12.4 Å². The first-order chi connectivity index (χ1) is 11.8. The van der Waals surface area contributed by atoms with Crippen LogP contribution in [0, 0.1) is 0 Å². The van der Waals surface area contributed by atoms with E-state index in [0.29, 0.717) is 12.5 Å². The van der Waals surface area contributed by atoms with E-state index in [1.165, 1.54) is 0 Å². The van der Waals surface area contributed by atoms with Gasteiger partial charge in [-0.3, -0.25) is 9.78 Å². The van der Waals surface area contributed by atoms with Crippen LogP contribution in [0.2, 0.25) is 0 Å². The van der Waals surface area contributed by atoms with Crippen LogP contribution in [-0.4, -0.2) is 42.6 Å². The molecule has 2 aromatic rings. The number of hydrogen-bond acceptors (Lipinski definition) is 4. The van der Waals surface area contributed by atoms with Crippen LogP contribution >= 0.6 is 0 Å². The molecule has 2 heterocycles. The van der Waals surface area contributed by atoms with Crippen LogP contribution in [0.4, 0.5) is 0 Å². The molecule has 0 bridgehead atoms. The summed E-state index contributed by atoms with van der Waals surface area (Å²) in [5, 5.41) is 0. The number of pyridine rings is 1. The Morgan fingerprint density at radius 1 is 1.25 bits per heavy atom. The Balaban J connectivity index is 1.44. The molecule has 0 N–H and O–H groups in total. The van der Waals surface area contributed by atoms with E-state index in [0.717, 1.165) is 36.5 Å². The SMILES string of the molecule is COc1ccc(COCC(=O)N2CCC(c3ccccn3)C2)cc1. The second-order valence-electron chi connectivity index (χ2n) is 5.92. The lowest BCUT2D eigenvalue weighted by molar-refractivity contribution is -0.135. The molecule has 1 aliphatic heterocycles. The molecule has 1 amide bonds. The van der Waals surface area contributed by atoms with Gasteiger partial charge in [0.25, 0.3) is 0 Å². The molecule has 24 heavy (non-hydrogen) atoms. The number of hydrogen-bond donors (Lipinski definition) is 0. The van der Waals surface area contributed by atoms with E-state index in [9.17, 15) is 4.79 Å². The zero-order valence-corrected chi connectivity index (χ0v) is 13.9. The smallest absolute Gasteiger partial charge is 0.248 e. The monoisotopic (exact) mass is 326 g/mol. The molecule has 3 rings (SSSR count). The number of amides is 1. The van der Waals surface area contributed by atoms with Gasteiger partial charge in [-0.05, 0) is 36.2 Å². The second kappa shape index (κ2) is 7.93. The standard InChI is InChI=1S/C19H22N2O3/c1-23-17-7-5-15(6-8-17)13-24-14-19(22)21-11-9-16(12-21)18-4-2-3-10-20-18/h2-8,10,16H,9,11-14H2,1H3. The molecule has 126 valence electrons. The van der Waals surface area contributed by atoms with Gasteiger partial charge in [0.2, 0.25) is 5.91 Å². The van der Waals surface area contributed by atoms with Crippen LogP contribution in [0.5, 0.6) is 5.75 Å². The van der Waals surface area contributed by atoms with Crippen molar-refractivity contribution < 1.29 is 14.3 Å². The molecule has 1 fully saturated rings. The number of aromatic nitrogens is 1. The number of carbonyl (C=O) groups is 1. The van der Waals surface area contributed by atoms with Crippen molar-refractivity contribution in [3.8, 4) is 5.75 Å². The molecule has 0 spiro atoms. The second-order valence-corrected chi connectivity index (χ2v) is 5.92. The van der Waals surface area contributed by atoms with Crippen molar-refractivity contribution in [3.05, 3.63) is 59.9 Å². The molecular formula is C19H22N2O3. The summed E-state index contributed by atoms with van der Waals surface area (Å²) >= 11 is 0. The Bertz CT molecular complexity index is 658. The number of likely N-dealkylation sites (tertiary alicyclic amines) is 1. The van der Waals surface area contributed by atoms with Crippen LogP contribution in [-0.2, 0) is 16.1 Å². The van der Waals surface area contributed by atoms with Gasteiger partial charge in [-0.15, -0.1) is 0 Å². The first-order valence-corrected chi connectivity index (χ1v) is 8.15. The van der Waals surface area contributed by atoms with Crippen molar-refractivity contribution in [2.45, 2.75) is 18.9 Å². The number of benzene rings is 1. The Kier molecular flexibility index (Phi) is 5.43. The first-order valence-electron chi connectivity index (χ1n) is 8.15. The Labute approximate surface area is 142 Å². The third-order valence-corrected chi connectivity index (χ3v) is 4.30. The Morgan fingerprint density at radius 3 is 2.79 bits per heavy atom. The predicted octanol–water partition coefficient (Wildman–Crippen LogP) is 2.62. The summed E-state index contributed by atoms with van der Waals surface area (Å²) < 4.78 is 10.7. The van der Waals surface area contributed by atoms with Crippen molar-refractivity contribution in [1.82, 2.24) is 9.88 Å². The highest BCUT2D eigenvalue weighted by atomic mass is 16.5. The quantitative estimate of drug-likeness (QED) is 0.819. The average Bonchev–Trinajstić information content (AvgIpc) is 3.13. The highest BCUT2D eigenvalue weighted by molar-refractivity contribution is 5.77. The maximum Gasteiger partial charge on any atom is 0.248 e. The zero-order valence-electron chi connectivity index (χ0n) is 13.9. The summed E-state index contributed by atoms with van der Waals surface area (Å²) in [7, 11) is 1.64. The normalized spacial score (nSPS) is 17.0.